The first kappa shape index (κ1) is 34.9. The van der Waals surface area contributed by atoms with E-state index in [1.165, 1.54) is 16.8 Å². The van der Waals surface area contributed by atoms with Crippen LogP contribution in [0.3, 0.4) is 0 Å². The number of esters is 1. The Hall–Kier alpha value is -3.96. The molecule has 0 bridgehead atoms. The first-order chi connectivity index (χ1) is 21.8. The summed E-state index contributed by atoms with van der Waals surface area (Å²) in [4.78, 5) is 30.5. The molecule has 0 radical (unpaired) electrons. The van der Waals surface area contributed by atoms with E-state index >= 15 is 0 Å². The molecular formula is C33H43N5O7S. The fraction of sp³-hybridized carbons (Fsp3) is 0.485. The Bertz CT molecular complexity index is 1580. The average Bonchev–Trinajstić information content (AvgIpc) is 3.01. The number of rotatable bonds is 11. The zero-order valence-electron chi connectivity index (χ0n) is 26.8. The highest BCUT2D eigenvalue weighted by Crippen LogP contribution is 2.23. The molecule has 2 aromatic rings. The number of hydrogen-bond acceptors (Lipinski definition) is 9. The first-order valence-electron chi connectivity index (χ1n) is 15.4. The molecule has 0 amide bonds. The minimum atomic E-state index is -3.87. The van der Waals surface area contributed by atoms with E-state index in [0.717, 1.165) is 47.4 Å². The van der Waals surface area contributed by atoms with E-state index in [4.69, 9.17) is 14.7 Å². The lowest BCUT2D eigenvalue weighted by atomic mass is 9.89. The summed E-state index contributed by atoms with van der Waals surface area (Å²) in [5.74, 6) is 4.95. The normalized spacial score (nSPS) is 17.0. The van der Waals surface area contributed by atoms with E-state index in [9.17, 15) is 18.0 Å². The van der Waals surface area contributed by atoms with Crippen molar-refractivity contribution in [3.63, 3.8) is 0 Å². The minimum absolute atomic E-state index is 0.114. The predicted molar refractivity (Wildman–Crippen MR) is 176 cm³/mol. The number of benzene rings is 2. The highest BCUT2D eigenvalue weighted by molar-refractivity contribution is 7.87. The number of carboxylic acids is 1. The van der Waals surface area contributed by atoms with Crippen LogP contribution in [0.2, 0.25) is 0 Å². The molecule has 2 aromatic carbocycles. The number of piperazine rings is 1. The van der Waals surface area contributed by atoms with Gasteiger partial charge in [-0.1, -0.05) is 23.1 Å². The van der Waals surface area contributed by atoms with Gasteiger partial charge in [0.25, 0.3) is 10.2 Å². The lowest BCUT2D eigenvalue weighted by Gasteiger charge is -2.35. The predicted octanol–water partition coefficient (Wildman–Crippen LogP) is 2.50. The summed E-state index contributed by atoms with van der Waals surface area (Å²) in [5.41, 5.74) is 5.33. The van der Waals surface area contributed by atoms with Crippen molar-refractivity contribution in [2.45, 2.75) is 58.6 Å². The second kappa shape index (κ2) is 15.6. The van der Waals surface area contributed by atoms with E-state index in [-0.39, 0.29) is 25.6 Å². The molecule has 13 heteroatoms. The molecule has 3 N–H and O–H groups in total. The maximum atomic E-state index is 12.5. The molecule has 12 nitrogen and oxygen atoms in total. The number of oxime groups is 1. The minimum Gasteiger partial charge on any atom is -0.480 e. The van der Waals surface area contributed by atoms with E-state index < -0.39 is 27.8 Å². The van der Waals surface area contributed by atoms with Gasteiger partial charge in [0.2, 0.25) is 0 Å². The number of carboxylic acid groups (broad SMARTS) is 1. The first-order valence-corrected chi connectivity index (χ1v) is 16.9. The van der Waals surface area contributed by atoms with Crippen molar-refractivity contribution in [3.05, 3.63) is 64.7 Å². The van der Waals surface area contributed by atoms with E-state index in [0.29, 0.717) is 26.2 Å². The molecule has 4 rings (SSSR count). The summed E-state index contributed by atoms with van der Waals surface area (Å²) in [5, 5.41) is 16.4. The van der Waals surface area contributed by atoms with Crippen LogP contribution in [0.5, 0.6) is 0 Å². The van der Waals surface area contributed by atoms with Gasteiger partial charge in [0.1, 0.15) is 18.2 Å². The Kier molecular flexibility index (Phi) is 11.8. The molecule has 46 heavy (non-hydrogen) atoms. The molecule has 1 aliphatic carbocycles. The smallest absolute Gasteiger partial charge is 0.321 e. The number of aryl methyl sites for hydroxylation is 1. The van der Waals surface area contributed by atoms with E-state index in [1.54, 1.807) is 0 Å². The van der Waals surface area contributed by atoms with Gasteiger partial charge in [-0.2, -0.15) is 17.4 Å². The van der Waals surface area contributed by atoms with Crippen molar-refractivity contribution in [1.82, 2.24) is 14.3 Å². The van der Waals surface area contributed by atoms with Crippen molar-refractivity contribution < 1.29 is 32.7 Å². The van der Waals surface area contributed by atoms with Crippen molar-refractivity contribution in [3.8, 4) is 11.8 Å². The molecule has 0 spiro atoms. The van der Waals surface area contributed by atoms with Gasteiger partial charge in [-0.05, 0) is 88.9 Å². The lowest BCUT2D eigenvalue weighted by Crippen LogP contribution is -2.54. The van der Waals surface area contributed by atoms with Crippen LogP contribution in [-0.4, -0.2) is 93.0 Å². The summed E-state index contributed by atoms with van der Waals surface area (Å²) in [6.07, 6.45) is 2.78. The quantitative estimate of drug-likeness (QED) is 0.144. The molecule has 0 aromatic heterocycles. The zero-order chi connectivity index (χ0) is 33.3. The molecule has 1 aliphatic heterocycles. The van der Waals surface area contributed by atoms with Crippen LogP contribution >= 0.6 is 0 Å². The highest BCUT2D eigenvalue weighted by atomic mass is 32.2. The zero-order valence-corrected chi connectivity index (χ0v) is 27.7. The number of nitrogens with one attached hydrogen (secondary N) is 2. The number of ether oxygens (including phenoxy) is 1. The van der Waals surface area contributed by atoms with Crippen LogP contribution in [0.1, 0.15) is 62.8 Å². The van der Waals surface area contributed by atoms with Crippen LogP contribution < -0.4 is 14.9 Å². The number of carbonyl (C=O) groups excluding carboxylic acids is 1. The Balaban J connectivity index is 1.30. The van der Waals surface area contributed by atoms with Crippen LogP contribution in [-0.2, 0) is 35.8 Å². The van der Waals surface area contributed by atoms with E-state index in [1.807, 2.05) is 51.1 Å². The molecule has 0 unspecified atom stereocenters. The van der Waals surface area contributed by atoms with Crippen LogP contribution in [0.25, 0.3) is 0 Å². The average molecular weight is 654 g/mol. The number of hydrogen-bond donors (Lipinski definition) is 3. The van der Waals surface area contributed by atoms with Crippen molar-refractivity contribution in [1.29, 1.82) is 0 Å². The molecule has 0 saturated carbocycles. The largest absolute Gasteiger partial charge is 0.480 e. The van der Waals surface area contributed by atoms with Crippen LogP contribution in [0.4, 0.5) is 5.69 Å². The molecule has 2 aliphatic rings. The Morgan fingerprint density at radius 3 is 2.37 bits per heavy atom. The molecule has 1 fully saturated rings. The highest BCUT2D eigenvalue weighted by Gasteiger charge is 2.29. The number of anilines is 1. The van der Waals surface area contributed by atoms with Crippen LogP contribution in [0, 0.1) is 11.8 Å². The van der Waals surface area contributed by atoms with Crippen molar-refractivity contribution >= 4 is 33.5 Å². The maximum absolute atomic E-state index is 12.5. The molecule has 1 atom stereocenters. The summed E-state index contributed by atoms with van der Waals surface area (Å²) in [6, 6.07) is 12.8. The maximum Gasteiger partial charge on any atom is 0.321 e. The Morgan fingerprint density at radius 2 is 1.70 bits per heavy atom. The molecule has 248 valence electrons. The standard InChI is InChI=1S/C33H43N5O7S/c1-24(32(40)41)36-46(42,43)38-19-17-37(18-20-38)28-14-11-25(12-15-28)8-9-26-10-13-27-6-5-7-30(29(27)22-26)35-44-21-16-34-23-31(39)45-33(2,3)4/h10-15,22,24,34,36H,5-7,16-21,23H2,1-4H3,(H,40,41)/b35-30-/t24-/m1/s1. The second-order valence-electron chi connectivity index (χ2n) is 12.2. The van der Waals surface area contributed by atoms with Gasteiger partial charge in [-0.15, -0.1) is 0 Å². The Morgan fingerprint density at radius 1 is 1.02 bits per heavy atom. The molecule has 1 heterocycles. The number of carbonyl (C=O) groups is 2. The monoisotopic (exact) mass is 653 g/mol. The summed E-state index contributed by atoms with van der Waals surface area (Å²) >= 11 is 0. The summed E-state index contributed by atoms with van der Waals surface area (Å²) in [6.45, 7) is 9.19. The fourth-order valence-corrected chi connectivity index (χ4v) is 6.40. The van der Waals surface area contributed by atoms with Gasteiger partial charge in [0.05, 0.1) is 12.3 Å². The van der Waals surface area contributed by atoms with Crippen molar-refractivity contribution in [2.24, 2.45) is 5.16 Å². The summed E-state index contributed by atoms with van der Waals surface area (Å²) < 4.78 is 33.7. The molecular weight excluding hydrogens is 610 g/mol. The van der Waals surface area contributed by atoms with Crippen molar-refractivity contribution in [2.75, 3.05) is 50.8 Å². The number of aliphatic carboxylic acids is 1. The third kappa shape index (κ3) is 10.3. The van der Waals surface area contributed by atoms with Gasteiger partial charge in [0, 0.05) is 55.1 Å². The second-order valence-corrected chi connectivity index (χ2v) is 13.9. The van der Waals surface area contributed by atoms with E-state index in [2.05, 4.69) is 44.1 Å². The van der Waals surface area contributed by atoms with Gasteiger partial charge in [0.15, 0.2) is 0 Å². The van der Waals surface area contributed by atoms with Gasteiger partial charge in [-0.25, -0.2) is 0 Å². The Labute approximate surface area is 271 Å². The van der Waals surface area contributed by atoms with Gasteiger partial charge in [-0.3, -0.25) is 9.59 Å². The SMILES string of the molecule is C[C@@H](NS(=O)(=O)N1CCN(c2ccc(C#Cc3ccc4c(c3)/C(=N\OCCNCC(=O)OC(C)(C)C)CCC4)cc2)CC1)C(=O)O. The topological polar surface area (TPSA) is 150 Å². The lowest BCUT2D eigenvalue weighted by molar-refractivity contribution is -0.153. The fourth-order valence-electron chi connectivity index (χ4n) is 5.06. The molecule has 1 saturated heterocycles. The summed E-state index contributed by atoms with van der Waals surface area (Å²) in [7, 11) is -3.87. The third-order valence-corrected chi connectivity index (χ3v) is 9.07. The number of nitrogens with zero attached hydrogens (tertiary/aromatic N) is 3. The van der Waals surface area contributed by atoms with Crippen LogP contribution in [0.15, 0.2) is 47.6 Å². The third-order valence-electron chi connectivity index (χ3n) is 7.37. The van der Waals surface area contributed by atoms with Gasteiger partial charge >= 0.3 is 11.9 Å². The number of fused-ring (bicyclic) bond motifs is 1. The van der Waals surface area contributed by atoms with Gasteiger partial charge < -0.3 is 24.9 Å².